The Morgan fingerprint density at radius 3 is 2.62 bits per heavy atom. The van der Waals surface area contributed by atoms with Crippen LogP contribution >= 0.6 is 0 Å². The summed E-state index contributed by atoms with van der Waals surface area (Å²) in [4.78, 5) is 23.2. The van der Waals surface area contributed by atoms with Crippen LogP contribution in [0.1, 0.15) is 24.8 Å². The van der Waals surface area contributed by atoms with Crippen molar-refractivity contribution in [3.8, 4) is 0 Å². The molecule has 1 heterocycles. The molecule has 1 aromatic rings. The summed E-state index contributed by atoms with van der Waals surface area (Å²) in [5.74, 6) is -1.88. The lowest BCUT2D eigenvalue weighted by atomic mass is 9.84. The highest BCUT2D eigenvalue weighted by Crippen LogP contribution is 2.34. The van der Waals surface area contributed by atoms with Crippen molar-refractivity contribution in [1.82, 2.24) is 5.32 Å². The lowest BCUT2D eigenvalue weighted by Gasteiger charge is -2.21. The molecule has 21 heavy (non-hydrogen) atoms. The standard InChI is InChI=1S/C15H20N2O4/c1-2-21-15(20)14-11(8-17-12(14)7-13(18)19)9-3-5-10(16)6-4-9/h3-6,11-12,14,17H,2,7-8,16H2,1H3,(H,18,19)/t11-,12+,14-/m0/s1. The highest BCUT2D eigenvalue weighted by molar-refractivity contribution is 5.77. The Bertz CT molecular complexity index is 515. The number of carbonyl (C=O) groups is 2. The first kappa shape index (κ1) is 15.3. The molecule has 1 aromatic carbocycles. The number of ether oxygens (including phenoxy) is 1. The third-order valence-corrected chi connectivity index (χ3v) is 3.78. The van der Waals surface area contributed by atoms with E-state index in [0.29, 0.717) is 12.2 Å². The van der Waals surface area contributed by atoms with E-state index in [1.165, 1.54) is 0 Å². The molecule has 1 aliphatic rings. The van der Waals surface area contributed by atoms with Gasteiger partial charge in [0.05, 0.1) is 18.9 Å². The molecule has 1 saturated heterocycles. The van der Waals surface area contributed by atoms with Crippen LogP contribution in [0.15, 0.2) is 24.3 Å². The van der Waals surface area contributed by atoms with E-state index in [0.717, 1.165) is 5.56 Å². The van der Waals surface area contributed by atoms with Crippen molar-refractivity contribution < 1.29 is 19.4 Å². The SMILES string of the molecule is CCOC(=O)[C@@H]1[C@@H](CC(=O)O)NC[C@H]1c1ccc(N)cc1. The van der Waals surface area contributed by atoms with Crippen LogP contribution in [0.5, 0.6) is 0 Å². The van der Waals surface area contributed by atoms with Gasteiger partial charge in [-0.3, -0.25) is 9.59 Å². The lowest BCUT2D eigenvalue weighted by Crippen LogP contribution is -2.35. The van der Waals surface area contributed by atoms with Crippen molar-refractivity contribution in [3.63, 3.8) is 0 Å². The van der Waals surface area contributed by atoms with E-state index in [4.69, 9.17) is 15.6 Å². The molecule has 3 atom stereocenters. The fourth-order valence-electron chi connectivity index (χ4n) is 2.84. The molecule has 1 fully saturated rings. The molecule has 0 unspecified atom stereocenters. The maximum absolute atomic E-state index is 12.2. The average molecular weight is 292 g/mol. The molecule has 0 saturated carbocycles. The highest BCUT2D eigenvalue weighted by Gasteiger charge is 2.43. The predicted octanol–water partition coefficient (Wildman–Crippen LogP) is 0.978. The van der Waals surface area contributed by atoms with Crippen molar-refractivity contribution in [2.45, 2.75) is 25.3 Å². The third-order valence-electron chi connectivity index (χ3n) is 3.78. The van der Waals surface area contributed by atoms with E-state index in [2.05, 4.69) is 5.32 Å². The molecule has 0 aliphatic carbocycles. The zero-order chi connectivity index (χ0) is 15.4. The van der Waals surface area contributed by atoms with E-state index in [1.807, 2.05) is 12.1 Å². The molecule has 0 amide bonds. The quantitative estimate of drug-likeness (QED) is 0.552. The third kappa shape index (κ3) is 3.52. The smallest absolute Gasteiger partial charge is 0.311 e. The molecule has 6 heteroatoms. The van der Waals surface area contributed by atoms with Gasteiger partial charge in [0.25, 0.3) is 0 Å². The first-order chi connectivity index (χ1) is 10.0. The lowest BCUT2D eigenvalue weighted by molar-refractivity contribution is -0.149. The van der Waals surface area contributed by atoms with E-state index in [1.54, 1.807) is 19.1 Å². The Kier molecular flexibility index (Phi) is 4.80. The van der Waals surface area contributed by atoms with Crippen molar-refractivity contribution in [2.75, 3.05) is 18.9 Å². The van der Waals surface area contributed by atoms with Crippen LogP contribution in [0, 0.1) is 5.92 Å². The van der Waals surface area contributed by atoms with Gasteiger partial charge >= 0.3 is 11.9 Å². The number of hydrogen-bond acceptors (Lipinski definition) is 5. The second-order valence-electron chi connectivity index (χ2n) is 5.16. The molecule has 1 aliphatic heterocycles. The van der Waals surface area contributed by atoms with Crippen LogP contribution in [0.3, 0.4) is 0 Å². The van der Waals surface area contributed by atoms with Gasteiger partial charge in [-0.05, 0) is 24.6 Å². The van der Waals surface area contributed by atoms with Crippen LogP contribution in [0.2, 0.25) is 0 Å². The van der Waals surface area contributed by atoms with Gasteiger partial charge in [-0.2, -0.15) is 0 Å². The molecule has 0 aromatic heterocycles. The number of nitrogens with two attached hydrogens (primary N) is 1. The highest BCUT2D eigenvalue weighted by atomic mass is 16.5. The number of rotatable bonds is 5. The second kappa shape index (κ2) is 6.58. The van der Waals surface area contributed by atoms with Gasteiger partial charge in [0, 0.05) is 24.2 Å². The number of carboxylic acids is 1. The first-order valence-electron chi connectivity index (χ1n) is 7.00. The zero-order valence-electron chi connectivity index (χ0n) is 11.9. The molecule has 2 rings (SSSR count). The minimum Gasteiger partial charge on any atom is -0.481 e. The number of nitrogens with one attached hydrogen (secondary N) is 1. The van der Waals surface area contributed by atoms with Gasteiger partial charge < -0.3 is 20.9 Å². The number of nitrogen functional groups attached to an aromatic ring is 1. The van der Waals surface area contributed by atoms with Crippen LogP contribution < -0.4 is 11.1 Å². The van der Waals surface area contributed by atoms with E-state index in [9.17, 15) is 9.59 Å². The minimum absolute atomic E-state index is 0.102. The molecule has 0 spiro atoms. The fraction of sp³-hybridized carbons (Fsp3) is 0.467. The number of aliphatic carboxylic acids is 1. The van der Waals surface area contributed by atoms with Crippen LogP contribution in [-0.4, -0.2) is 36.2 Å². The van der Waals surface area contributed by atoms with Gasteiger partial charge in [0.15, 0.2) is 0 Å². The summed E-state index contributed by atoms with van der Waals surface area (Å²) in [5, 5.41) is 12.1. The normalized spacial score (nSPS) is 24.7. The molecule has 0 bridgehead atoms. The Morgan fingerprint density at radius 1 is 1.38 bits per heavy atom. The first-order valence-corrected chi connectivity index (χ1v) is 7.00. The maximum atomic E-state index is 12.2. The van der Waals surface area contributed by atoms with Crippen molar-refractivity contribution >= 4 is 17.6 Å². The number of carbonyl (C=O) groups excluding carboxylic acids is 1. The number of benzene rings is 1. The Hall–Kier alpha value is -2.08. The molecular formula is C15H20N2O4. The summed E-state index contributed by atoms with van der Waals surface area (Å²) in [5.41, 5.74) is 7.29. The number of hydrogen-bond donors (Lipinski definition) is 3. The summed E-state index contributed by atoms with van der Waals surface area (Å²) < 4.78 is 5.12. The molecule has 114 valence electrons. The molecule has 4 N–H and O–H groups in total. The van der Waals surface area contributed by atoms with Crippen molar-refractivity contribution in [1.29, 1.82) is 0 Å². The number of esters is 1. The van der Waals surface area contributed by atoms with Gasteiger partial charge in [-0.15, -0.1) is 0 Å². The van der Waals surface area contributed by atoms with Gasteiger partial charge in [0.1, 0.15) is 0 Å². The zero-order valence-corrected chi connectivity index (χ0v) is 11.9. The van der Waals surface area contributed by atoms with E-state index < -0.39 is 17.9 Å². The fourth-order valence-corrected chi connectivity index (χ4v) is 2.84. The van der Waals surface area contributed by atoms with E-state index >= 15 is 0 Å². The van der Waals surface area contributed by atoms with Crippen molar-refractivity contribution in [2.24, 2.45) is 5.92 Å². The number of anilines is 1. The summed E-state index contributed by atoms with van der Waals surface area (Å²) >= 11 is 0. The van der Waals surface area contributed by atoms with Gasteiger partial charge in [-0.1, -0.05) is 12.1 Å². The summed E-state index contributed by atoms with van der Waals surface area (Å²) in [6.07, 6.45) is -0.102. The number of carboxylic acid groups (broad SMARTS) is 1. The van der Waals surface area contributed by atoms with E-state index in [-0.39, 0.29) is 24.9 Å². The van der Waals surface area contributed by atoms with Crippen LogP contribution in [0.4, 0.5) is 5.69 Å². The van der Waals surface area contributed by atoms with Crippen molar-refractivity contribution in [3.05, 3.63) is 29.8 Å². The molecule has 6 nitrogen and oxygen atoms in total. The summed E-state index contributed by atoms with van der Waals surface area (Å²) in [6.45, 7) is 2.57. The van der Waals surface area contributed by atoms with Gasteiger partial charge in [0.2, 0.25) is 0 Å². The maximum Gasteiger partial charge on any atom is 0.311 e. The van der Waals surface area contributed by atoms with Crippen LogP contribution in [0.25, 0.3) is 0 Å². The largest absolute Gasteiger partial charge is 0.481 e. The predicted molar refractivity (Wildman–Crippen MR) is 77.8 cm³/mol. The summed E-state index contributed by atoms with van der Waals surface area (Å²) in [7, 11) is 0. The second-order valence-corrected chi connectivity index (χ2v) is 5.16. The Balaban J connectivity index is 2.24. The Labute approximate surface area is 123 Å². The Morgan fingerprint density at radius 2 is 2.05 bits per heavy atom. The van der Waals surface area contributed by atoms with Crippen LogP contribution in [-0.2, 0) is 14.3 Å². The van der Waals surface area contributed by atoms with Gasteiger partial charge in [-0.25, -0.2) is 0 Å². The molecular weight excluding hydrogens is 272 g/mol. The topological polar surface area (TPSA) is 102 Å². The summed E-state index contributed by atoms with van der Waals surface area (Å²) in [6, 6.07) is 6.89. The average Bonchev–Trinajstić information content (AvgIpc) is 2.82. The minimum atomic E-state index is -0.931. The monoisotopic (exact) mass is 292 g/mol. The molecule has 0 radical (unpaired) electrons.